The molecule has 2 unspecified atom stereocenters. The molecule has 5 rings (SSSR count). The topological polar surface area (TPSA) is 45.9 Å². The minimum Gasteiger partial charge on any atom is -0.458 e. The Bertz CT molecular complexity index is 761. The van der Waals surface area contributed by atoms with Gasteiger partial charge in [0.15, 0.2) is 0 Å². The zero-order chi connectivity index (χ0) is 19.6. The third-order valence-corrected chi connectivity index (χ3v) is 8.61. The van der Waals surface area contributed by atoms with Gasteiger partial charge in [-0.2, -0.15) is 13.2 Å². The quantitative estimate of drug-likeness (QED) is 0.756. The van der Waals surface area contributed by atoms with Crippen LogP contribution in [0.2, 0.25) is 0 Å². The molecule has 1 aromatic rings. The van der Waals surface area contributed by atoms with E-state index in [0.29, 0.717) is 30.0 Å². The highest BCUT2D eigenvalue weighted by Gasteiger charge is 2.53. The van der Waals surface area contributed by atoms with Crippen LogP contribution in [0.15, 0.2) is 21.6 Å². The second-order valence-electron chi connectivity index (χ2n) is 9.12. The molecular formula is C19H25F3N2O3S. The van der Waals surface area contributed by atoms with Crippen LogP contribution in [0.1, 0.15) is 37.9 Å². The van der Waals surface area contributed by atoms with E-state index in [1.165, 1.54) is 19.3 Å². The van der Waals surface area contributed by atoms with Crippen LogP contribution in [0.5, 0.6) is 0 Å². The van der Waals surface area contributed by atoms with Crippen LogP contribution in [-0.4, -0.2) is 58.8 Å². The van der Waals surface area contributed by atoms with E-state index in [9.17, 15) is 17.4 Å². The van der Waals surface area contributed by atoms with E-state index in [4.69, 9.17) is 4.74 Å². The fourth-order valence-electron chi connectivity index (χ4n) is 5.42. The van der Waals surface area contributed by atoms with Gasteiger partial charge in [0.05, 0.1) is 18.1 Å². The van der Waals surface area contributed by atoms with E-state index >= 15 is 0 Å². The van der Waals surface area contributed by atoms with Crippen LogP contribution in [0.3, 0.4) is 0 Å². The lowest BCUT2D eigenvalue weighted by molar-refractivity contribution is -0.198. The molecule has 2 spiro atoms. The molecule has 4 heterocycles. The number of hydrogen-bond acceptors (Lipinski definition) is 4. The molecule has 0 aromatic carbocycles. The summed E-state index contributed by atoms with van der Waals surface area (Å²) in [5, 5.41) is 0. The molecule has 4 aliphatic rings. The molecule has 28 heavy (non-hydrogen) atoms. The zero-order valence-corrected chi connectivity index (χ0v) is 16.5. The van der Waals surface area contributed by atoms with Gasteiger partial charge in [-0.25, -0.2) is 8.51 Å². The second-order valence-corrected chi connectivity index (χ2v) is 10.6. The summed E-state index contributed by atoms with van der Waals surface area (Å²) < 4.78 is 62.5. The van der Waals surface area contributed by atoms with Gasteiger partial charge in [0.2, 0.25) is 5.76 Å². The molecule has 2 atom stereocenters. The lowest BCUT2D eigenvalue weighted by Crippen LogP contribution is -2.67. The standard InChI is InChI=1S/C19H25F3N2O3S/c20-19(21,22)16-7-15(9-27-16)28(25)24-5-3-17(4-6-24)2-1-14(8-17)23-10-18(11-23)12-26-13-18/h7,9,14H,1-6,8,10-13H2. The second kappa shape index (κ2) is 6.55. The highest BCUT2D eigenvalue weighted by molar-refractivity contribution is 7.82. The highest BCUT2D eigenvalue weighted by atomic mass is 32.2. The fourth-order valence-corrected chi connectivity index (χ4v) is 6.57. The molecule has 1 saturated carbocycles. The van der Waals surface area contributed by atoms with Crippen molar-refractivity contribution in [3.8, 4) is 0 Å². The first-order valence-electron chi connectivity index (χ1n) is 9.92. The molecule has 156 valence electrons. The molecule has 4 fully saturated rings. The van der Waals surface area contributed by atoms with E-state index < -0.39 is 22.9 Å². The van der Waals surface area contributed by atoms with Crippen molar-refractivity contribution in [1.29, 1.82) is 0 Å². The Morgan fingerprint density at radius 3 is 2.39 bits per heavy atom. The Labute approximate surface area is 164 Å². The summed E-state index contributed by atoms with van der Waals surface area (Å²) in [5.41, 5.74) is 0.744. The number of furan rings is 1. The average molecular weight is 418 g/mol. The highest BCUT2D eigenvalue weighted by Crippen LogP contribution is 2.51. The summed E-state index contributed by atoms with van der Waals surface area (Å²) >= 11 is 0. The molecule has 0 bridgehead atoms. The summed E-state index contributed by atoms with van der Waals surface area (Å²) in [6.07, 6.45) is 1.95. The molecule has 1 aromatic heterocycles. The van der Waals surface area contributed by atoms with Gasteiger partial charge < -0.3 is 9.15 Å². The Balaban J connectivity index is 1.15. The van der Waals surface area contributed by atoms with Crippen molar-refractivity contribution in [1.82, 2.24) is 9.21 Å². The molecule has 5 nitrogen and oxygen atoms in total. The van der Waals surface area contributed by atoms with Gasteiger partial charge in [-0.1, -0.05) is 0 Å². The van der Waals surface area contributed by atoms with Crippen molar-refractivity contribution in [2.45, 2.75) is 49.2 Å². The van der Waals surface area contributed by atoms with Crippen molar-refractivity contribution >= 4 is 11.0 Å². The van der Waals surface area contributed by atoms with E-state index in [2.05, 4.69) is 9.32 Å². The molecule has 0 amide bonds. The van der Waals surface area contributed by atoms with Crippen LogP contribution in [0.25, 0.3) is 0 Å². The van der Waals surface area contributed by atoms with Gasteiger partial charge >= 0.3 is 6.18 Å². The first-order chi connectivity index (χ1) is 13.3. The monoisotopic (exact) mass is 418 g/mol. The Kier molecular flexibility index (Phi) is 4.47. The molecule has 0 radical (unpaired) electrons. The minimum absolute atomic E-state index is 0.0983. The van der Waals surface area contributed by atoms with Crippen LogP contribution in [0, 0.1) is 10.8 Å². The Morgan fingerprint density at radius 2 is 1.82 bits per heavy atom. The number of halogens is 3. The third-order valence-electron chi connectivity index (χ3n) is 7.16. The third kappa shape index (κ3) is 3.24. The lowest BCUT2D eigenvalue weighted by Gasteiger charge is -2.57. The fraction of sp³-hybridized carbons (Fsp3) is 0.789. The summed E-state index contributed by atoms with van der Waals surface area (Å²) in [6.45, 7) is 5.45. The number of alkyl halides is 3. The van der Waals surface area contributed by atoms with Gasteiger partial charge in [-0.3, -0.25) is 4.90 Å². The van der Waals surface area contributed by atoms with E-state index in [1.54, 1.807) is 4.31 Å². The van der Waals surface area contributed by atoms with Gasteiger partial charge in [0.25, 0.3) is 0 Å². The normalized spacial score (nSPS) is 31.0. The molecule has 9 heteroatoms. The van der Waals surface area contributed by atoms with Gasteiger partial charge in [0, 0.05) is 43.7 Å². The summed E-state index contributed by atoms with van der Waals surface area (Å²) in [6, 6.07) is 1.50. The number of likely N-dealkylation sites (tertiary alicyclic amines) is 1. The molecule has 0 N–H and O–H groups in total. The lowest BCUT2D eigenvalue weighted by atomic mass is 9.75. The summed E-state index contributed by atoms with van der Waals surface area (Å²) in [4.78, 5) is 2.70. The maximum Gasteiger partial charge on any atom is 0.449 e. The Morgan fingerprint density at radius 1 is 1.11 bits per heavy atom. The van der Waals surface area contributed by atoms with Crippen LogP contribution >= 0.6 is 0 Å². The van der Waals surface area contributed by atoms with Gasteiger partial charge in [-0.15, -0.1) is 0 Å². The van der Waals surface area contributed by atoms with Crippen molar-refractivity contribution < 1.29 is 26.5 Å². The van der Waals surface area contributed by atoms with Gasteiger partial charge in [-0.05, 0) is 37.5 Å². The van der Waals surface area contributed by atoms with Crippen LogP contribution in [-0.2, 0) is 21.9 Å². The molecular weight excluding hydrogens is 393 g/mol. The molecule has 3 saturated heterocycles. The Hall–Kier alpha value is -0.900. The van der Waals surface area contributed by atoms with E-state index in [0.717, 1.165) is 51.5 Å². The maximum absolute atomic E-state index is 12.7. The zero-order valence-electron chi connectivity index (χ0n) is 15.7. The predicted molar refractivity (Wildman–Crippen MR) is 95.8 cm³/mol. The van der Waals surface area contributed by atoms with Crippen molar-refractivity contribution in [3.63, 3.8) is 0 Å². The molecule has 3 aliphatic heterocycles. The van der Waals surface area contributed by atoms with Gasteiger partial charge in [0.1, 0.15) is 17.2 Å². The minimum atomic E-state index is -4.55. The van der Waals surface area contributed by atoms with Crippen LogP contribution in [0.4, 0.5) is 13.2 Å². The number of nitrogens with zero attached hydrogens (tertiary/aromatic N) is 2. The SMILES string of the molecule is O=S(c1coc(C(F)(F)F)c1)N1CCC2(CCC(N3CC4(COC4)C3)C2)CC1. The largest absolute Gasteiger partial charge is 0.458 e. The van der Waals surface area contributed by atoms with E-state index in [-0.39, 0.29) is 4.90 Å². The smallest absolute Gasteiger partial charge is 0.449 e. The molecule has 1 aliphatic carbocycles. The average Bonchev–Trinajstić information content (AvgIpc) is 3.20. The van der Waals surface area contributed by atoms with Crippen LogP contribution < -0.4 is 0 Å². The van der Waals surface area contributed by atoms with Crippen molar-refractivity contribution in [2.24, 2.45) is 10.8 Å². The first kappa shape index (κ1) is 19.1. The number of hydrogen-bond donors (Lipinski definition) is 0. The summed E-state index contributed by atoms with van der Waals surface area (Å²) in [7, 11) is -1.60. The summed E-state index contributed by atoms with van der Waals surface area (Å²) in [5.74, 6) is -1.09. The maximum atomic E-state index is 12.7. The van der Waals surface area contributed by atoms with Crippen molar-refractivity contribution in [2.75, 3.05) is 39.4 Å². The predicted octanol–water partition coefficient (Wildman–Crippen LogP) is 3.29. The first-order valence-corrected chi connectivity index (χ1v) is 11.0. The number of ether oxygens (including phenoxy) is 1. The number of piperidine rings is 1. The number of rotatable bonds is 3. The van der Waals surface area contributed by atoms with E-state index in [1.807, 2.05) is 0 Å². The van der Waals surface area contributed by atoms with Crippen molar-refractivity contribution in [3.05, 3.63) is 18.1 Å².